The Kier molecular flexibility index (Phi) is 3.61. The molecule has 1 aromatic heterocycles. The van der Waals surface area contributed by atoms with Crippen LogP contribution in [0.2, 0.25) is 0 Å². The van der Waals surface area contributed by atoms with Gasteiger partial charge in [0.15, 0.2) is 5.58 Å². The minimum absolute atomic E-state index is 0.0586. The normalized spacial score (nSPS) is 11.8. The monoisotopic (exact) mass is 318 g/mol. The highest BCUT2D eigenvalue weighted by atomic mass is 35.7. The molecule has 108 valence electrons. The largest absolute Gasteiger partial charge is 0.420 e. The summed E-state index contributed by atoms with van der Waals surface area (Å²) in [4.78, 5) is 24.5. The fourth-order valence-electron chi connectivity index (χ4n) is 1.62. The van der Waals surface area contributed by atoms with Crippen molar-refractivity contribution in [3.8, 4) is 0 Å². The molecule has 0 aliphatic heterocycles. The zero-order chi connectivity index (χ0) is 15.1. The van der Waals surface area contributed by atoms with Crippen LogP contribution < -0.4 is 5.76 Å². The molecule has 2 aromatic rings. The quantitative estimate of drug-likeness (QED) is 0.773. The number of aromatic nitrogens is 1. The lowest BCUT2D eigenvalue weighted by molar-refractivity contribution is -0.129. The van der Waals surface area contributed by atoms with Crippen molar-refractivity contribution in [2.24, 2.45) is 0 Å². The molecule has 2 rings (SSSR count). The Balaban J connectivity index is 2.56. The minimum atomic E-state index is -3.91. The summed E-state index contributed by atoms with van der Waals surface area (Å²) in [6, 6.07) is 3.77. The zero-order valence-electron chi connectivity index (χ0n) is 10.7. The van der Waals surface area contributed by atoms with Gasteiger partial charge in [0.05, 0.1) is 10.4 Å². The number of hydrogen-bond donors (Lipinski definition) is 0. The van der Waals surface area contributed by atoms with Crippen molar-refractivity contribution >= 4 is 36.7 Å². The molecule has 0 aliphatic rings. The first-order chi connectivity index (χ1) is 9.20. The average molecular weight is 319 g/mol. The number of amides is 1. The molecule has 0 saturated heterocycles. The second-order valence-corrected chi connectivity index (χ2v) is 6.88. The maximum atomic E-state index is 11.7. The molecule has 0 aliphatic carbocycles. The molecule has 0 bridgehead atoms. The highest BCUT2D eigenvalue weighted by Gasteiger charge is 2.17. The molecule has 0 saturated carbocycles. The van der Waals surface area contributed by atoms with Crippen molar-refractivity contribution in [2.75, 3.05) is 14.1 Å². The lowest BCUT2D eigenvalue weighted by Gasteiger charge is -2.09. The van der Waals surface area contributed by atoms with Crippen LogP contribution in [0.25, 0.3) is 11.1 Å². The molecule has 1 heterocycles. The van der Waals surface area contributed by atoms with E-state index in [9.17, 15) is 18.0 Å². The smallest absolute Gasteiger partial charge is 0.408 e. The Morgan fingerprint density at radius 2 is 2.05 bits per heavy atom. The maximum Gasteiger partial charge on any atom is 0.420 e. The van der Waals surface area contributed by atoms with Crippen LogP contribution in [-0.2, 0) is 20.4 Å². The second-order valence-electron chi connectivity index (χ2n) is 4.31. The standard InChI is InChI=1S/C11H11ClN2O5S/c1-13(2)10(15)6-14-8-4-3-7(20(12,17)18)5-9(8)19-11(14)16/h3-5H,6H2,1-2H3. The van der Waals surface area contributed by atoms with Gasteiger partial charge in [-0.05, 0) is 12.1 Å². The number of benzene rings is 1. The van der Waals surface area contributed by atoms with Crippen molar-refractivity contribution in [3.63, 3.8) is 0 Å². The fraction of sp³-hybridized carbons (Fsp3) is 0.273. The summed E-state index contributed by atoms with van der Waals surface area (Å²) in [5.74, 6) is -1.02. The van der Waals surface area contributed by atoms with Crippen molar-refractivity contribution < 1.29 is 17.6 Å². The lowest BCUT2D eigenvalue weighted by Crippen LogP contribution is -2.29. The van der Waals surface area contributed by atoms with E-state index < -0.39 is 14.8 Å². The summed E-state index contributed by atoms with van der Waals surface area (Å²) in [6.07, 6.45) is 0. The summed E-state index contributed by atoms with van der Waals surface area (Å²) < 4.78 is 28.5. The Labute approximate surface area is 118 Å². The van der Waals surface area contributed by atoms with Gasteiger partial charge in [0.2, 0.25) is 5.91 Å². The average Bonchev–Trinajstić information content (AvgIpc) is 2.64. The number of fused-ring (bicyclic) bond motifs is 1. The maximum absolute atomic E-state index is 11.7. The molecule has 0 fully saturated rings. The second kappa shape index (κ2) is 4.95. The van der Waals surface area contributed by atoms with Gasteiger partial charge in [0.25, 0.3) is 9.05 Å². The Hall–Kier alpha value is -1.80. The number of nitrogens with zero attached hydrogens (tertiary/aromatic N) is 2. The van der Waals surface area contributed by atoms with Gasteiger partial charge in [-0.25, -0.2) is 13.2 Å². The van der Waals surface area contributed by atoms with Gasteiger partial charge in [-0.2, -0.15) is 0 Å². The van der Waals surface area contributed by atoms with Crippen molar-refractivity contribution in [1.82, 2.24) is 9.47 Å². The third-order valence-electron chi connectivity index (χ3n) is 2.71. The van der Waals surface area contributed by atoms with E-state index in [1.54, 1.807) is 14.1 Å². The molecule has 0 N–H and O–H groups in total. The van der Waals surface area contributed by atoms with E-state index in [4.69, 9.17) is 15.1 Å². The topological polar surface area (TPSA) is 89.6 Å². The van der Waals surface area contributed by atoms with Gasteiger partial charge >= 0.3 is 5.76 Å². The lowest BCUT2D eigenvalue weighted by atomic mass is 10.3. The van der Waals surface area contributed by atoms with Gasteiger partial charge in [0, 0.05) is 30.8 Å². The zero-order valence-corrected chi connectivity index (χ0v) is 12.2. The molecule has 0 unspecified atom stereocenters. The number of rotatable bonds is 3. The van der Waals surface area contributed by atoms with Gasteiger partial charge in [-0.1, -0.05) is 0 Å². The summed E-state index contributed by atoms with van der Waals surface area (Å²) in [7, 11) is 4.43. The van der Waals surface area contributed by atoms with Crippen LogP contribution in [0.3, 0.4) is 0 Å². The number of oxazole rings is 1. The predicted molar refractivity (Wildman–Crippen MR) is 72.2 cm³/mol. The number of hydrogen-bond acceptors (Lipinski definition) is 5. The van der Waals surface area contributed by atoms with Crippen LogP contribution in [0.1, 0.15) is 0 Å². The van der Waals surface area contributed by atoms with Crippen molar-refractivity contribution in [3.05, 3.63) is 28.7 Å². The number of likely N-dealkylation sites (N-methyl/N-ethyl adjacent to an activating group) is 1. The highest BCUT2D eigenvalue weighted by Crippen LogP contribution is 2.21. The van der Waals surface area contributed by atoms with Crippen LogP contribution in [0.4, 0.5) is 0 Å². The van der Waals surface area contributed by atoms with Crippen LogP contribution in [0.15, 0.2) is 32.3 Å². The molecular weight excluding hydrogens is 308 g/mol. The Morgan fingerprint density at radius 3 is 2.60 bits per heavy atom. The van der Waals surface area contributed by atoms with E-state index in [2.05, 4.69) is 0 Å². The van der Waals surface area contributed by atoms with Crippen LogP contribution in [0.5, 0.6) is 0 Å². The van der Waals surface area contributed by atoms with Crippen molar-refractivity contribution in [2.45, 2.75) is 11.4 Å². The third-order valence-corrected chi connectivity index (χ3v) is 4.06. The molecule has 0 radical (unpaired) electrons. The summed E-state index contributed by atoms with van der Waals surface area (Å²) in [6.45, 7) is -0.189. The van der Waals surface area contributed by atoms with Gasteiger partial charge < -0.3 is 9.32 Å². The minimum Gasteiger partial charge on any atom is -0.408 e. The van der Waals surface area contributed by atoms with Crippen LogP contribution in [0, 0.1) is 0 Å². The number of halogens is 1. The first-order valence-electron chi connectivity index (χ1n) is 5.48. The molecular formula is C11H11ClN2O5S. The fourth-order valence-corrected chi connectivity index (χ4v) is 2.39. The predicted octanol–water partition coefficient (Wildman–Crippen LogP) is 0.610. The molecule has 0 spiro atoms. The van der Waals surface area contributed by atoms with E-state index in [0.29, 0.717) is 5.52 Å². The van der Waals surface area contributed by atoms with Gasteiger partial charge in [0.1, 0.15) is 6.54 Å². The Bertz CT molecular complexity index is 834. The van der Waals surface area contributed by atoms with Crippen LogP contribution >= 0.6 is 10.7 Å². The first kappa shape index (κ1) is 14.6. The van der Waals surface area contributed by atoms with E-state index in [1.807, 2.05) is 0 Å². The molecule has 1 amide bonds. The van der Waals surface area contributed by atoms with Gasteiger partial charge in [-0.3, -0.25) is 9.36 Å². The third kappa shape index (κ3) is 2.70. The Morgan fingerprint density at radius 1 is 1.40 bits per heavy atom. The van der Waals surface area contributed by atoms with Crippen molar-refractivity contribution in [1.29, 1.82) is 0 Å². The number of carbonyl (C=O) groups excluding carboxylic acids is 1. The first-order valence-corrected chi connectivity index (χ1v) is 7.79. The highest BCUT2D eigenvalue weighted by molar-refractivity contribution is 8.13. The molecule has 7 nitrogen and oxygen atoms in total. The van der Waals surface area contributed by atoms with E-state index >= 15 is 0 Å². The van der Waals surface area contributed by atoms with E-state index in [-0.39, 0.29) is 22.9 Å². The van der Waals surface area contributed by atoms with E-state index in [1.165, 1.54) is 17.0 Å². The molecule has 0 atom stereocenters. The molecule has 20 heavy (non-hydrogen) atoms. The van der Waals surface area contributed by atoms with E-state index in [0.717, 1.165) is 10.6 Å². The molecule has 1 aromatic carbocycles. The van der Waals surface area contributed by atoms with Crippen LogP contribution in [-0.4, -0.2) is 37.9 Å². The number of carbonyl (C=O) groups is 1. The molecule has 9 heteroatoms. The summed E-state index contributed by atoms with van der Waals surface area (Å²) >= 11 is 0. The summed E-state index contributed by atoms with van der Waals surface area (Å²) in [5, 5.41) is 0. The SMILES string of the molecule is CN(C)C(=O)Cn1c(=O)oc2cc(S(=O)(=O)Cl)ccc21. The van der Waals surface area contributed by atoms with Gasteiger partial charge in [-0.15, -0.1) is 0 Å². The summed E-state index contributed by atoms with van der Waals surface area (Å²) in [5.41, 5.74) is 0.387.